The predicted octanol–water partition coefficient (Wildman–Crippen LogP) is 0.0954. The Kier molecular flexibility index (Phi) is 5.46. The van der Waals surface area contributed by atoms with Crippen LogP contribution < -0.4 is 10.0 Å². The third kappa shape index (κ3) is 4.30. The Balaban J connectivity index is 2.98. The second-order valence-corrected chi connectivity index (χ2v) is 5.85. The van der Waals surface area contributed by atoms with Crippen LogP contribution in [0.25, 0.3) is 0 Å². The van der Waals surface area contributed by atoms with Gasteiger partial charge in [0.2, 0.25) is 10.0 Å². The van der Waals surface area contributed by atoms with Gasteiger partial charge in [-0.3, -0.25) is 4.79 Å². The first kappa shape index (κ1) is 15.6. The van der Waals surface area contributed by atoms with E-state index in [1.165, 1.54) is 24.3 Å². The van der Waals surface area contributed by atoms with Crippen molar-refractivity contribution in [2.45, 2.75) is 24.8 Å². The monoisotopic (exact) mass is 286 g/mol. The first-order valence-electron chi connectivity index (χ1n) is 5.92. The third-order valence-electron chi connectivity index (χ3n) is 2.39. The molecular weight excluding hydrogens is 268 g/mol. The Morgan fingerprint density at radius 1 is 1.42 bits per heavy atom. The number of carbonyl (C=O) groups excluding carboxylic acids is 1. The van der Waals surface area contributed by atoms with Gasteiger partial charge in [0.05, 0.1) is 11.5 Å². The Morgan fingerprint density at radius 2 is 2.11 bits per heavy atom. The Bertz CT molecular complexity index is 542. The van der Waals surface area contributed by atoms with E-state index < -0.39 is 15.9 Å². The molecule has 1 rings (SSSR count). The number of nitrogens with one attached hydrogen (secondary N) is 2. The lowest BCUT2D eigenvalue weighted by atomic mass is 10.2. The molecule has 0 saturated heterocycles. The minimum atomic E-state index is -3.58. The third-order valence-corrected chi connectivity index (χ3v) is 3.94. The zero-order chi connectivity index (χ0) is 14.5. The zero-order valence-electron chi connectivity index (χ0n) is 10.9. The SMILES string of the molecule is CCNS(=O)(=O)c1cccc(C(=O)NC(C)CO)c1. The maximum Gasteiger partial charge on any atom is 0.251 e. The van der Waals surface area contributed by atoms with Crippen LogP contribution in [0.2, 0.25) is 0 Å². The van der Waals surface area contributed by atoms with Gasteiger partial charge in [0, 0.05) is 18.2 Å². The highest BCUT2D eigenvalue weighted by molar-refractivity contribution is 7.89. The molecule has 0 aliphatic rings. The Labute approximate surface area is 112 Å². The van der Waals surface area contributed by atoms with Crippen molar-refractivity contribution >= 4 is 15.9 Å². The summed E-state index contributed by atoms with van der Waals surface area (Å²) in [5.41, 5.74) is 0.235. The second kappa shape index (κ2) is 6.65. The van der Waals surface area contributed by atoms with Crippen LogP contribution in [0.3, 0.4) is 0 Å². The molecule has 7 heteroatoms. The average Bonchev–Trinajstić information content (AvgIpc) is 2.38. The van der Waals surface area contributed by atoms with Crippen molar-refractivity contribution < 1.29 is 18.3 Å². The van der Waals surface area contributed by atoms with Crippen molar-refractivity contribution in [3.05, 3.63) is 29.8 Å². The standard InChI is InChI=1S/C12H18N2O4S/c1-3-13-19(17,18)11-6-4-5-10(7-11)12(16)14-9(2)8-15/h4-7,9,13,15H,3,8H2,1-2H3,(H,14,16). The molecule has 0 radical (unpaired) electrons. The van der Waals surface area contributed by atoms with E-state index >= 15 is 0 Å². The van der Waals surface area contributed by atoms with Gasteiger partial charge in [-0.15, -0.1) is 0 Å². The summed E-state index contributed by atoms with van der Waals surface area (Å²) in [5.74, 6) is -0.421. The molecule has 0 heterocycles. The van der Waals surface area contributed by atoms with E-state index in [0.29, 0.717) is 0 Å². The second-order valence-electron chi connectivity index (χ2n) is 4.09. The topological polar surface area (TPSA) is 95.5 Å². The molecule has 19 heavy (non-hydrogen) atoms. The summed E-state index contributed by atoms with van der Waals surface area (Å²) in [4.78, 5) is 11.9. The number of hydrogen-bond acceptors (Lipinski definition) is 4. The van der Waals surface area contributed by atoms with E-state index in [-0.39, 0.29) is 29.7 Å². The molecule has 0 aliphatic heterocycles. The fraction of sp³-hybridized carbons (Fsp3) is 0.417. The Hall–Kier alpha value is -1.44. The lowest BCUT2D eigenvalue weighted by molar-refractivity contribution is 0.0922. The molecule has 1 aromatic carbocycles. The van der Waals surface area contributed by atoms with Crippen molar-refractivity contribution in [1.82, 2.24) is 10.0 Å². The fourth-order valence-corrected chi connectivity index (χ4v) is 2.52. The minimum absolute atomic E-state index is 0.0404. The van der Waals surface area contributed by atoms with Gasteiger partial charge < -0.3 is 10.4 Å². The Morgan fingerprint density at radius 3 is 2.68 bits per heavy atom. The van der Waals surface area contributed by atoms with Crippen molar-refractivity contribution in [2.24, 2.45) is 0 Å². The van der Waals surface area contributed by atoms with Crippen molar-refractivity contribution in [3.8, 4) is 0 Å². The smallest absolute Gasteiger partial charge is 0.251 e. The van der Waals surface area contributed by atoms with E-state index in [9.17, 15) is 13.2 Å². The first-order valence-corrected chi connectivity index (χ1v) is 7.40. The lowest BCUT2D eigenvalue weighted by Crippen LogP contribution is -2.35. The maximum absolute atomic E-state index is 11.8. The molecule has 6 nitrogen and oxygen atoms in total. The van der Waals surface area contributed by atoms with Crippen LogP contribution in [0.5, 0.6) is 0 Å². The zero-order valence-corrected chi connectivity index (χ0v) is 11.7. The number of aliphatic hydroxyl groups excluding tert-OH is 1. The number of aliphatic hydroxyl groups is 1. The van der Waals surface area contributed by atoms with E-state index in [1.54, 1.807) is 13.8 Å². The molecule has 0 bridgehead atoms. The predicted molar refractivity (Wildman–Crippen MR) is 71.3 cm³/mol. The summed E-state index contributed by atoms with van der Waals surface area (Å²) in [6.07, 6.45) is 0. The number of benzene rings is 1. The number of rotatable bonds is 6. The van der Waals surface area contributed by atoms with E-state index in [2.05, 4.69) is 10.0 Å². The summed E-state index contributed by atoms with van der Waals surface area (Å²) in [7, 11) is -3.58. The van der Waals surface area contributed by atoms with E-state index in [1.807, 2.05) is 0 Å². The van der Waals surface area contributed by atoms with Crippen LogP contribution in [-0.2, 0) is 10.0 Å². The van der Waals surface area contributed by atoms with E-state index in [0.717, 1.165) is 0 Å². The number of carbonyl (C=O) groups is 1. The molecule has 106 valence electrons. The first-order chi connectivity index (χ1) is 8.90. The quantitative estimate of drug-likeness (QED) is 0.691. The number of sulfonamides is 1. The van der Waals surface area contributed by atoms with Crippen LogP contribution >= 0.6 is 0 Å². The number of hydrogen-bond donors (Lipinski definition) is 3. The molecule has 0 spiro atoms. The lowest BCUT2D eigenvalue weighted by Gasteiger charge is -2.11. The largest absolute Gasteiger partial charge is 0.394 e. The van der Waals surface area contributed by atoms with Gasteiger partial charge in [-0.2, -0.15) is 0 Å². The van der Waals surface area contributed by atoms with Crippen molar-refractivity contribution in [2.75, 3.05) is 13.2 Å². The molecule has 1 amide bonds. The molecule has 1 aromatic rings. The van der Waals surface area contributed by atoms with Crippen LogP contribution in [0, 0.1) is 0 Å². The maximum atomic E-state index is 11.8. The number of amides is 1. The summed E-state index contributed by atoms with van der Waals surface area (Å²) in [6, 6.07) is 5.36. The highest BCUT2D eigenvalue weighted by Crippen LogP contribution is 2.11. The minimum Gasteiger partial charge on any atom is -0.394 e. The van der Waals surface area contributed by atoms with Gasteiger partial charge >= 0.3 is 0 Å². The van der Waals surface area contributed by atoms with Gasteiger partial charge in [-0.25, -0.2) is 13.1 Å². The summed E-state index contributed by atoms with van der Waals surface area (Å²) < 4.78 is 26.0. The summed E-state index contributed by atoms with van der Waals surface area (Å²) >= 11 is 0. The fourth-order valence-electron chi connectivity index (χ4n) is 1.43. The van der Waals surface area contributed by atoms with Gasteiger partial charge in [0.1, 0.15) is 0 Å². The summed E-state index contributed by atoms with van der Waals surface area (Å²) in [5, 5.41) is 11.4. The van der Waals surface area contributed by atoms with Crippen LogP contribution in [0.4, 0.5) is 0 Å². The summed E-state index contributed by atoms with van der Waals surface area (Å²) in [6.45, 7) is 3.43. The van der Waals surface area contributed by atoms with Gasteiger partial charge in [-0.05, 0) is 25.1 Å². The molecule has 1 unspecified atom stereocenters. The molecule has 0 aromatic heterocycles. The van der Waals surface area contributed by atoms with Crippen LogP contribution in [-0.4, -0.2) is 38.6 Å². The van der Waals surface area contributed by atoms with Crippen LogP contribution in [0.15, 0.2) is 29.2 Å². The van der Waals surface area contributed by atoms with Crippen molar-refractivity contribution in [3.63, 3.8) is 0 Å². The average molecular weight is 286 g/mol. The molecule has 0 aliphatic carbocycles. The van der Waals surface area contributed by atoms with Crippen molar-refractivity contribution in [1.29, 1.82) is 0 Å². The van der Waals surface area contributed by atoms with Crippen LogP contribution in [0.1, 0.15) is 24.2 Å². The molecule has 3 N–H and O–H groups in total. The van der Waals surface area contributed by atoms with Gasteiger partial charge in [0.15, 0.2) is 0 Å². The van der Waals surface area contributed by atoms with Gasteiger partial charge in [-0.1, -0.05) is 13.0 Å². The highest BCUT2D eigenvalue weighted by atomic mass is 32.2. The normalized spacial score (nSPS) is 13.0. The molecule has 0 saturated carbocycles. The molecular formula is C12H18N2O4S. The molecule has 0 fully saturated rings. The van der Waals surface area contributed by atoms with E-state index in [4.69, 9.17) is 5.11 Å². The van der Waals surface area contributed by atoms with Gasteiger partial charge in [0.25, 0.3) is 5.91 Å². The highest BCUT2D eigenvalue weighted by Gasteiger charge is 2.15. The molecule has 1 atom stereocenters.